The van der Waals surface area contributed by atoms with Gasteiger partial charge in [0.05, 0.1) is 18.8 Å². The third-order valence-electron chi connectivity index (χ3n) is 4.49. The van der Waals surface area contributed by atoms with Gasteiger partial charge in [-0.25, -0.2) is 0 Å². The summed E-state index contributed by atoms with van der Waals surface area (Å²) in [5.74, 6) is 1.99. The van der Waals surface area contributed by atoms with Crippen LogP contribution in [-0.2, 0) is 4.74 Å². The molecule has 22 heavy (non-hydrogen) atoms. The van der Waals surface area contributed by atoms with Gasteiger partial charge in [0.25, 0.3) is 5.91 Å². The molecule has 0 radical (unpaired) electrons. The van der Waals surface area contributed by atoms with Crippen molar-refractivity contribution >= 4 is 17.7 Å². The lowest BCUT2D eigenvalue weighted by atomic mass is 9.95. The molecule has 1 atom stereocenters. The van der Waals surface area contributed by atoms with Gasteiger partial charge in [0, 0.05) is 30.9 Å². The maximum atomic E-state index is 12.3. The molecule has 3 rings (SSSR count). The molecule has 0 saturated carbocycles. The maximum Gasteiger partial charge on any atom is 0.255 e. The molecular weight excluding hydrogens is 300 g/mol. The zero-order valence-corrected chi connectivity index (χ0v) is 13.4. The predicted molar refractivity (Wildman–Crippen MR) is 87.5 cm³/mol. The lowest BCUT2D eigenvalue weighted by Crippen LogP contribution is -2.59. The maximum absolute atomic E-state index is 12.3. The van der Waals surface area contributed by atoms with Gasteiger partial charge in [-0.05, 0) is 24.3 Å². The summed E-state index contributed by atoms with van der Waals surface area (Å²) in [6.45, 7) is 3.99. The van der Waals surface area contributed by atoms with Crippen molar-refractivity contribution in [3.05, 3.63) is 29.8 Å². The van der Waals surface area contributed by atoms with E-state index in [2.05, 4.69) is 10.2 Å². The Bertz CT molecular complexity index is 526. The van der Waals surface area contributed by atoms with Gasteiger partial charge in [0.1, 0.15) is 5.75 Å². The monoisotopic (exact) mass is 322 g/mol. The van der Waals surface area contributed by atoms with E-state index in [1.165, 1.54) is 6.07 Å². The fraction of sp³-hybridized carbons (Fsp3) is 0.562. The second-order valence-electron chi connectivity index (χ2n) is 5.83. The number of amides is 1. The van der Waals surface area contributed by atoms with Crippen molar-refractivity contribution < 1.29 is 14.6 Å². The van der Waals surface area contributed by atoms with Gasteiger partial charge in [-0.1, -0.05) is 12.1 Å². The van der Waals surface area contributed by atoms with Crippen LogP contribution in [-0.4, -0.2) is 65.8 Å². The van der Waals surface area contributed by atoms with Crippen molar-refractivity contribution in [1.82, 2.24) is 10.2 Å². The number of morpholine rings is 1. The number of hydrogen-bond acceptors (Lipinski definition) is 5. The molecule has 1 aromatic carbocycles. The predicted octanol–water partition coefficient (Wildman–Crippen LogP) is 1.33. The Morgan fingerprint density at radius 1 is 1.36 bits per heavy atom. The smallest absolute Gasteiger partial charge is 0.255 e. The molecule has 1 amide bonds. The van der Waals surface area contributed by atoms with Gasteiger partial charge in [-0.15, -0.1) is 0 Å². The Morgan fingerprint density at radius 3 is 2.82 bits per heavy atom. The second-order valence-corrected chi connectivity index (χ2v) is 6.93. The second kappa shape index (κ2) is 6.89. The summed E-state index contributed by atoms with van der Waals surface area (Å²) in [7, 11) is 0. The number of phenols is 1. The Balaban J connectivity index is 1.67. The van der Waals surface area contributed by atoms with Crippen LogP contribution >= 0.6 is 11.8 Å². The van der Waals surface area contributed by atoms with Crippen LogP contribution in [0.2, 0.25) is 0 Å². The number of carbonyl (C=O) groups excluding carboxylic acids is 1. The Morgan fingerprint density at radius 2 is 2.14 bits per heavy atom. The largest absolute Gasteiger partial charge is 0.507 e. The van der Waals surface area contributed by atoms with Crippen LogP contribution in [0.3, 0.4) is 0 Å². The Hall–Kier alpha value is -1.24. The first-order valence-corrected chi connectivity index (χ1v) is 8.83. The molecule has 0 spiro atoms. The highest BCUT2D eigenvalue weighted by Crippen LogP contribution is 2.33. The van der Waals surface area contributed by atoms with Crippen LogP contribution < -0.4 is 5.32 Å². The minimum absolute atomic E-state index is 0.0223. The van der Waals surface area contributed by atoms with Crippen LogP contribution in [0.25, 0.3) is 0 Å². The summed E-state index contributed by atoms with van der Waals surface area (Å²) >= 11 is 1.94. The molecule has 5 nitrogen and oxygen atoms in total. The van der Waals surface area contributed by atoms with Crippen molar-refractivity contribution in [2.45, 2.75) is 12.0 Å². The van der Waals surface area contributed by atoms with Crippen molar-refractivity contribution in [2.24, 2.45) is 0 Å². The molecule has 2 saturated heterocycles. The Kier molecular flexibility index (Phi) is 4.90. The van der Waals surface area contributed by atoms with Crippen LogP contribution in [0.4, 0.5) is 0 Å². The molecule has 2 heterocycles. The number of para-hydroxylation sites is 1. The van der Waals surface area contributed by atoms with E-state index in [0.29, 0.717) is 12.1 Å². The van der Waals surface area contributed by atoms with Gasteiger partial charge in [-0.2, -0.15) is 11.8 Å². The molecule has 0 unspecified atom stereocenters. The number of aromatic hydroxyl groups is 1. The minimum Gasteiger partial charge on any atom is -0.507 e. The average molecular weight is 322 g/mol. The topological polar surface area (TPSA) is 61.8 Å². The zero-order valence-electron chi connectivity index (χ0n) is 12.6. The molecule has 0 aromatic heterocycles. The molecule has 1 aromatic rings. The van der Waals surface area contributed by atoms with Crippen molar-refractivity contribution in [3.63, 3.8) is 0 Å². The van der Waals surface area contributed by atoms with Gasteiger partial charge in [-0.3, -0.25) is 9.69 Å². The molecule has 2 N–H and O–H groups in total. The highest BCUT2D eigenvalue weighted by molar-refractivity contribution is 7.99. The standard InChI is InChI=1S/C16H22N2O3S/c19-14-4-2-1-3-13(14)15(20)17-11-16(5-10-22-12-16)18-6-8-21-9-7-18/h1-4,19H,5-12H2,(H,17,20)/t16-/m0/s1. The summed E-state index contributed by atoms with van der Waals surface area (Å²) in [6.07, 6.45) is 1.08. The average Bonchev–Trinajstić information content (AvgIpc) is 3.04. The summed E-state index contributed by atoms with van der Waals surface area (Å²) in [5, 5.41) is 12.8. The number of nitrogens with one attached hydrogen (secondary N) is 1. The van der Waals surface area contributed by atoms with E-state index >= 15 is 0 Å². The van der Waals surface area contributed by atoms with Gasteiger partial charge < -0.3 is 15.2 Å². The molecule has 2 fully saturated rings. The van der Waals surface area contributed by atoms with Crippen molar-refractivity contribution in [1.29, 1.82) is 0 Å². The molecule has 6 heteroatoms. The highest BCUT2D eigenvalue weighted by Gasteiger charge is 2.40. The van der Waals surface area contributed by atoms with Crippen LogP contribution in [0.1, 0.15) is 16.8 Å². The molecule has 2 aliphatic heterocycles. The first kappa shape index (κ1) is 15.6. The summed E-state index contributed by atoms with van der Waals surface area (Å²) < 4.78 is 5.45. The molecule has 2 aliphatic rings. The van der Waals surface area contributed by atoms with Gasteiger partial charge >= 0.3 is 0 Å². The molecule has 120 valence electrons. The highest BCUT2D eigenvalue weighted by atomic mass is 32.2. The number of carbonyl (C=O) groups is 1. The number of benzene rings is 1. The van der Waals surface area contributed by atoms with Crippen LogP contribution in [0.5, 0.6) is 5.75 Å². The van der Waals surface area contributed by atoms with E-state index in [4.69, 9.17) is 4.74 Å². The minimum atomic E-state index is -0.206. The van der Waals surface area contributed by atoms with Gasteiger partial charge in [0.15, 0.2) is 0 Å². The van der Waals surface area contributed by atoms with Crippen molar-refractivity contribution in [2.75, 3.05) is 44.4 Å². The van der Waals surface area contributed by atoms with E-state index in [1.54, 1.807) is 18.2 Å². The van der Waals surface area contributed by atoms with E-state index in [0.717, 1.165) is 44.2 Å². The van der Waals surface area contributed by atoms with Crippen LogP contribution in [0.15, 0.2) is 24.3 Å². The third-order valence-corrected chi connectivity index (χ3v) is 5.73. The first-order valence-electron chi connectivity index (χ1n) is 7.68. The molecule has 0 bridgehead atoms. The van der Waals surface area contributed by atoms with E-state index in [-0.39, 0.29) is 17.2 Å². The first-order chi connectivity index (χ1) is 10.7. The normalized spacial score (nSPS) is 26.0. The summed E-state index contributed by atoms with van der Waals surface area (Å²) in [5.41, 5.74) is 0.361. The Labute approximate surface area is 135 Å². The number of nitrogens with zero attached hydrogens (tertiary/aromatic N) is 1. The number of phenolic OH excluding ortho intramolecular Hbond substituents is 1. The lowest BCUT2D eigenvalue weighted by Gasteiger charge is -2.43. The fourth-order valence-electron chi connectivity index (χ4n) is 3.14. The number of rotatable bonds is 4. The third kappa shape index (κ3) is 3.24. The zero-order chi connectivity index (χ0) is 15.4. The van der Waals surface area contributed by atoms with Crippen LogP contribution in [0, 0.1) is 0 Å². The fourth-order valence-corrected chi connectivity index (χ4v) is 4.62. The summed E-state index contributed by atoms with van der Waals surface area (Å²) in [4.78, 5) is 14.8. The van der Waals surface area contributed by atoms with E-state index in [9.17, 15) is 9.90 Å². The quantitative estimate of drug-likeness (QED) is 0.876. The number of hydrogen-bond donors (Lipinski definition) is 2. The van der Waals surface area contributed by atoms with E-state index in [1.807, 2.05) is 11.8 Å². The van der Waals surface area contributed by atoms with Crippen molar-refractivity contribution in [3.8, 4) is 5.75 Å². The molecule has 0 aliphatic carbocycles. The summed E-state index contributed by atoms with van der Waals surface area (Å²) in [6, 6.07) is 6.67. The number of thioether (sulfide) groups is 1. The SMILES string of the molecule is O=C(NC[C@@]1(N2CCOCC2)CCSC1)c1ccccc1O. The molecular formula is C16H22N2O3S. The van der Waals surface area contributed by atoms with Gasteiger partial charge in [0.2, 0.25) is 0 Å². The number of ether oxygens (including phenoxy) is 1. The lowest BCUT2D eigenvalue weighted by molar-refractivity contribution is -0.0129. The van der Waals surface area contributed by atoms with E-state index < -0.39 is 0 Å².